The summed E-state index contributed by atoms with van der Waals surface area (Å²) in [7, 11) is -1.03. The van der Waals surface area contributed by atoms with Gasteiger partial charge in [-0.2, -0.15) is 0 Å². The fraction of sp³-hybridized carbons (Fsp3) is 0.200. The lowest BCUT2D eigenvalue weighted by atomic mass is 10.6. The number of carbonyl (C=O) groups is 1. The molecule has 0 aromatic rings. The van der Waals surface area contributed by atoms with E-state index in [1.165, 1.54) is 17.7 Å². The molecular formula is C5H5NO2S. The van der Waals surface area contributed by atoms with Gasteiger partial charge in [0.15, 0.2) is 0 Å². The van der Waals surface area contributed by atoms with E-state index in [1.54, 1.807) is 0 Å². The van der Waals surface area contributed by atoms with Crippen molar-refractivity contribution in [3.05, 3.63) is 11.5 Å². The zero-order valence-electron chi connectivity index (χ0n) is 4.61. The molecule has 0 fully saturated rings. The maximum Gasteiger partial charge on any atom is 0.269 e. The molecule has 0 aromatic carbocycles. The molecule has 0 saturated heterocycles. The van der Waals surface area contributed by atoms with Crippen LogP contribution in [0.5, 0.6) is 0 Å². The van der Waals surface area contributed by atoms with Crippen molar-refractivity contribution in [3.8, 4) is 0 Å². The van der Waals surface area contributed by atoms with E-state index in [9.17, 15) is 9.00 Å². The quantitative estimate of drug-likeness (QED) is 0.474. The summed E-state index contributed by atoms with van der Waals surface area (Å²) < 4.78 is 10.6. The first kappa shape index (κ1) is 6.35. The molecule has 1 aliphatic rings. The number of aliphatic imine (C=N–C) groups is 1. The molecule has 3 nitrogen and oxygen atoms in total. The van der Waals surface area contributed by atoms with E-state index < -0.39 is 10.8 Å². The van der Waals surface area contributed by atoms with Crippen molar-refractivity contribution in [2.24, 2.45) is 4.99 Å². The second kappa shape index (κ2) is 2.68. The molecule has 4 heteroatoms. The average molecular weight is 143 g/mol. The molecule has 0 saturated carbocycles. The first-order valence-electron chi connectivity index (χ1n) is 2.41. The highest BCUT2D eigenvalue weighted by atomic mass is 32.2. The number of amides is 1. The van der Waals surface area contributed by atoms with Gasteiger partial charge in [0.1, 0.15) is 0 Å². The molecule has 1 atom stereocenters. The van der Waals surface area contributed by atoms with E-state index in [4.69, 9.17) is 0 Å². The Bertz CT molecular complexity index is 207. The summed E-state index contributed by atoms with van der Waals surface area (Å²) in [4.78, 5) is 13.8. The Balaban J connectivity index is 2.80. The third-order valence-electron chi connectivity index (χ3n) is 0.820. The number of hydrogen-bond acceptors (Lipinski definition) is 2. The van der Waals surface area contributed by atoms with Gasteiger partial charge in [0.25, 0.3) is 5.91 Å². The normalized spacial score (nSPS) is 26.2. The monoisotopic (exact) mass is 143 g/mol. The van der Waals surface area contributed by atoms with Gasteiger partial charge in [-0.15, -0.1) is 0 Å². The Morgan fingerprint density at radius 1 is 1.67 bits per heavy atom. The Hall–Kier alpha value is -0.770. The highest BCUT2D eigenvalue weighted by molar-refractivity contribution is 7.88. The van der Waals surface area contributed by atoms with Crippen molar-refractivity contribution < 1.29 is 9.00 Å². The second-order valence-electron chi connectivity index (χ2n) is 1.50. The van der Waals surface area contributed by atoms with E-state index in [1.807, 2.05) is 0 Å². The van der Waals surface area contributed by atoms with Gasteiger partial charge in [-0.1, -0.05) is 0 Å². The molecule has 48 valence electrons. The van der Waals surface area contributed by atoms with E-state index in [0.717, 1.165) is 0 Å². The first-order chi connectivity index (χ1) is 4.29. The summed E-state index contributed by atoms with van der Waals surface area (Å²) in [6.07, 6.45) is 2.60. The summed E-state index contributed by atoms with van der Waals surface area (Å²) in [6, 6.07) is 0. The van der Waals surface area contributed by atoms with Crippen molar-refractivity contribution in [1.82, 2.24) is 0 Å². The van der Waals surface area contributed by atoms with Gasteiger partial charge in [0, 0.05) is 17.7 Å². The highest BCUT2D eigenvalue weighted by Crippen LogP contribution is 1.90. The van der Waals surface area contributed by atoms with Crippen LogP contribution < -0.4 is 0 Å². The van der Waals surface area contributed by atoms with E-state index >= 15 is 0 Å². The minimum atomic E-state index is -1.03. The maximum atomic E-state index is 10.6. The molecule has 1 aliphatic heterocycles. The van der Waals surface area contributed by atoms with Gasteiger partial charge in [0.2, 0.25) is 0 Å². The van der Waals surface area contributed by atoms with Crippen molar-refractivity contribution in [1.29, 1.82) is 0 Å². The molecule has 0 N–H and O–H groups in total. The Labute approximate surface area is 54.9 Å². The molecule has 0 bridgehead atoms. The van der Waals surface area contributed by atoms with Crippen molar-refractivity contribution in [3.63, 3.8) is 0 Å². The highest BCUT2D eigenvalue weighted by Gasteiger charge is 1.98. The minimum absolute atomic E-state index is 0.333. The molecule has 0 radical (unpaired) electrons. The van der Waals surface area contributed by atoms with E-state index in [0.29, 0.717) is 5.75 Å². The van der Waals surface area contributed by atoms with E-state index in [-0.39, 0.29) is 5.91 Å². The standard InChI is InChI=1S/C5H5NO2S/c7-5-1-3-9(8)4-2-6-5/h1-3H,4H2. The summed E-state index contributed by atoms with van der Waals surface area (Å²) in [5, 5.41) is 1.36. The SMILES string of the molecule is O=C1C=CS(=O)CC=N1. The minimum Gasteiger partial charge on any atom is -0.267 e. The maximum absolute atomic E-state index is 10.6. The van der Waals surface area contributed by atoms with Gasteiger partial charge >= 0.3 is 0 Å². The van der Waals surface area contributed by atoms with Crippen LogP contribution in [0.3, 0.4) is 0 Å². The molecular weight excluding hydrogens is 138 g/mol. The molecule has 1 amide bonds. The van der Waals surface area contributed by atoms with Crippen LogP contribution in [0.2, 0.25) is 0 Å². The van der Waals surface area contributed by atoms with Crippen LogP contribution in [0.1, 0.15) is 0 Å². The van der Waals surface area contributed by atoms with Crippen LogP contribution in [-0.4, -0.2) is 22.1 Å². The Morgan fingerprint density at radius 3 is 3.22 bits per heavy atom. The molecule has 9 heavy (non-hydrogen) atoms. The summed E-state index contributed by atoms with van der Waals surface area (Å²) in [5.41, 5.74) is 0. The molecule has 0 spiro atoms. The van der Waals surface area contributed by atoms with Gasteiger partial charge in [-0.3, -0.25) is 9.00 Å². The molecule has 0 aliphatic carbocycles. The zero-order valence-corrected chi connectivity index (χ0v) is 5.43. The summed E-state index contributed by atoms with van der Waals surface area (Å²) in [5.74, 6) is 0.0169. The number of carbonyl (C=O) groups excluding carboxylic acids is 1. The topological polar surface area (TPSA) is 46.5 Å². The lowest BCUT2D eigenvalue weighted by Gasteiger charge is -1.78. The van der Waals surface area contributed by atoms with Crippen molar-refractivity contribution >= 4 is 22.9 Å². The van der Waals surface area contributed by atoms with Crippen molar-refractivity contribution in [2.45, 2.75) is 0 Å². The third kappa shape index (κ3) is 1.89. The molecule has 0 aromatic heterocycles. The summed E-state index contributed by atoms with van der Waals surface area (Å²) >= 11 is 0. The average Bonchev–Trinajstić information content (AvgIpc) is 1.97. The number of nitrogens with zero attached hydrogens (tertiary/aromatic N) is 1. The molecule has 1 unspecified atom stereocenters. The number of hydrogen-bond donors (Lipinski definition) is 0. The Morgan fingerprint density at radius 2 is 2.44 bits per heavy atom. The first-order valence-corrected chi connectivity index (χ1v) is 3.79. The number of rotatable bonds is 0. The van der Waals surface area contributed by atoms with Gasteiger partial charge < -0.3 is 0 Å². The van der Waals surface area contributed by atoms with Crippen LogP contribution in [0.15, 0.2) is 16.5 Å². The van der Waals surface area contributed by atoms with Crippen LogP contribution in [0, 0.1) is 0 Å². The van der Waals surface area contributed by atoms with Crippen LogP contribution in [-0.2, 0) is 15.6 Å². The van der Waals surface area contributed by atoms with E-state index in [2.05, 4.69) is 4.99 Å². The van der Waals surface area contributed by atoms with Crippen molar-refractivity contribution in [2.75, 3.05) is 5.75 Å². The lowest BCUT2D eigenvalue weighted by Crippen LogP contribution is -1.91. The van der Waals surface area contributed by atoms with Crippen LogP contribution in [0.4, 0.5) is 0 Å². The predicted octanol–water partition coefficient (Wildman–Crippen LogP) is -0.140. The zero-order chi connectivity index (χ0) is 6.69. The van der Waals surface area contributed by atoms with Gasteiger partial charge in [0.05, 0.1) is 16.6 Å². The smallest absolute Gasteiger partial charge is 0.267 e. The second-order valence-corrected chi connectivity index (χ2v) is 2.87. The third-order valence-corrected chi connectivity index (χ3v) is 1.74. The largest absolute Gasteiger partial charge is 0.269 e. The summed E-state index contributed by atoms with van der Waals surface area (Å²) in [6.45, 7) is 0. The fourth-order valence-electron chi connectivity index (χ4n) is 0.433. The molecule has 1 heterocycles. The fourth-order valence-corrected chi connectivity index (χ4v) is 1.03. The van der Waals surface area contributed by atoms with Gasteiger partial charge in [-0.25, -0.2) is 4.99 Å². The van der Waals surface area contributed by atoms with Crippen LogP contribution >= 0.6 is 0 Å². The lowest BCUT2D eigenvalue weighted by molar-refractivity contribution is -0.113. The Kier molecular flexibility index (Phi) is 1.89. The van der Waals surface area contributed by atoms with Crippen LogP contribution in [0.25, 0.3) is 0 Å². The van der Waals surface area contributed by atoms with Gasteiger partial charge in [-0.05, 0) is 0 Å². The predicted molar refractivity (Wildman–Crippen MR) is 35.6 cm³/mol. The molecule has 1 rings (SSSR count).